The Hall–Kier alpha value is -4.90. The first kappa shape index (κ1) is 48.0. The van der Waals surface area contributed by atoms with Gasteiger partial charge < -0.3 is 34.1 Å². The standard InChI is InChI=1S/C49H69N9O6S/c1-11-57-40-20-19-32-24-35(40)36(44(57)34-17-14-21-50-42(34)31(4)63-10)26-49(5,6)29-64-47(61)37-18-15-23-58(53-37)46(60)38(25-41-51-39(32)28-65-41)52-45(59)43(30(2)3)55(9)48(62)56-22-13-12-16-33(27-56)54(7)8/h14,17,19-21,24,28,30-31,33,37-38,43,53H,11-13,15-16,18,22-23,25-27,29H2,1-10H3,(H,52,59)/t31-,33+,37-,38-,43?/m0/s1. The first-order chi connectivity index (χ1) is 31.0. The highest BCUT2D eigenvalue weighted by molar-refractivity contribution is 7.10. The van der Waals surface area contributed by atoms with Gasteiger partial charge in [0, 0.05) is 91.8 Å². The molecule has 15 nitrogen and oxygen atoms in total. The number of nitrogens with zero attached hydrogens (tertiary/aromatic N) is 7. The van der Waals surface area contributed by atoms with Crippen LogP contribution in [-0.4, -0.2) is 137 Å². The van der Waals surface area contributed by atoms with Crippen molar-refractivity contribution in [2.75, 3.05) is 54.5 Å². The lowest BCUT2D eigenvalue weighted by Gasteiger charge is -2.38. The van der Waals surface area contributed by atoms with Gasteiger partial charge in [0.25, 0.3) is 5.91 Å². The summed E-state index contributed by atoms with van der Waals surface area (Å²) in [5, 5.41) is 8.27. The van der Waals surface area contributed by atoms with Gasteiger partial charge in [0.2, 0.25) is 5.91 Å². The number of carbonyl (C=O) groups is 4. The molecule has 16 heteroatoms. The van der Waals surface area contributed by atoms with Crippen molar-refractivity contribution < 1.29 is 28.7 Å². The maximum absolute atomic E-state index is 14.7. The van der Waals surface area contributed by atoms with Crippen LogP contribution in [0.5, 0.6) is 0 Å². The van der Waals surface area contributed by atoms with Crippen molar-refractivity contribution in [3.8, 4) is 22.5 Å². The van der Waals surface area contributed by atoms with Crippen LogP contribution in [-0.2, 0) is 43.2 Å². The highest BCUT2D eigenvalue weighted by Gasteiger charge is 2.39. The number of esters is 1. The molecule has 3 aliphatic rings. The maximum Gasteiger partial charge on any atom is 0.324 e. The number of thiazole rings is 1. The van der Waals surface area contributed by atoms with Crippen molar-refractivity contribution in [1.29, 1.82) is 0 Å². The van der Waals surface area contributed by atoms with Gasteiger partial charge in [-0.2, -0.15) is 0 Å². The minimum atomic E-state index is -1.04. The lowest BCUT2D eigenvalue weighted by Crippen LogP contribution is -2.62. The number of hydrogen-bond donors (Lipinski definition) is 2. The molecule has 0 aliphatic carbocycles. The predicted molar refractivity (Wildman–Crippen MR) is 254 cm³/mol. The highest BCUT2D eigenvalue weighted by atomic mass is 32.1. The van der Waals surface area contributed by atoms with Crippen LogP contribution in [0.25, 0.3) is 33.4 Å². The van der Waals surface area contributed by atoms with Crippen molar-refractivity contribution in [2.45, 2.75) is 123 Å². The summed E-state index contributed by atoms with van der Waals surface area (Å²) in [5.41, 5.74) is 9.42. The molecule has 2 saturated heterocycles. The zero-order valence-corrected chi connectivity index (χ0v) is 40.8. The summed E-state index contributed by atoms with van der Waals surface area (Å²) in [7, 11) is 7.44. The molecule has 3 aromatic heterocycles. The van der Waals surface area contributed by atoms with Crippen LogP contribution in [0, 0.1) is 11.3 Å². The Bertz CT molecular complexity index is 2360. The molecule has 2 fully saturated rings. The van der Waals surface area contributed by atoms with Crippen molar-refractivity contribution in [1.82, 2.24) is 45.0 Å². The van der Waals surface area contributed by atoms with E-state index in [0.717, 1.165) is 63.9 Å². The third kappa shape index (κ3) is 10.4. The van der Waals surface area contributed by atoms with Crippen LogP contribution in [0.15, 0.2) is 41.9 Å². The third-order valence-electron chi connectivity index (χ3n) is 13.4. The van der Waals surface area contributed by atoms with E-state index in [1.807, 2.05) is 51.2 Å². The fourth-order valence-corrected chi connectivity index (χ4v) is 10.7. The second kappa shape index (κ2) is 20.3. The number of nitrogens with one attached hydrogen (secondary N) is 2. The van der Waals surface area contributed by atoms with E-state index >= 15 is 0 Å². The van der Waals surface area contributed by atoms with Gasteiger partial charge >= 0.3 is 12.0 Å². The van der Waals surface area contributed by atoms with Crippen molar-refractivity contribution >= 4 is 46.1 Å². The number of hydrazine groups is 1. The topological polar surface area (TPSA) is 154 Å². The number of fused-ring (bicyclic) bond motifs is 6. The number of likely N-dealkylation sites (N-methyl/N-ethyl adjacent to an activating group) is 2. The number of urea groups is 1. The lowest BCUT2D eigenvalue weighted by molar-refractivity contribution is -0.155. The molecule has 352 valence electrons. The van der Waals surface area contributed by atoms with Crippen LogP contribution >= 0.6 is 11.3 Å². The number of hydrogen-bond acceptors (Lipinski definition) is 11. The van der Waals surface area contributed by atoms with E-state index in [1.165, 1.54) is 21.2 Å². The molecule has 6 bridgehead atoms. The number of aromatic nitrogens is 3. The number of aryl methyl sites for hydroxylation is 1. The van der Waals surface area contributed by atoms with Gasteiger partial charge in [0.15, 0.2) is 0 Å². The zero-order chi connectivity index (χ0) is 46.7. The van der Waals surface area contributed by atoms with Gasteiger partial charge in [0.05, 0.1) is 34.8 Å². The summed E-state index contributed by atoms with van der Waals surface area (Å²) in [6.07, 6.45) is 6.23. The van der Waals surface area contributed by atoms with Gasteiger partial charge in [-0.3, -0.25) is 24.4 Å². The monoisotopic (exact) mass is 912 g/mol. The first-order valence-electron chi connectivity index (χ1n) is 23.3. The fourth-order valence-electron chi connectivity index (χ4n) is 9.80. The van der Waals surface area contributed by atoms with Gasteiger partial charge in [0.1, 0.15) is 18.1 Å². The molecule has 5 atom stereocenters. The normalized spacial score (nSPS) is 21.8. The van der Waals surface area contributed by atoms with E-state index < -0.39 is 35.4 Å². The molecule has 4 amide bonds. The van der Waals surface area contributed by atoms with Gasteiger partial charge in [-0.1, -0.05) is 40.2 Å². The number of pyridine rings is 1. The molecule has 4 aromatic rings. The molecule has 2 N–H and O–H groups in total. The van der Waals surface area contributed by atoms with E-state index in [0.29, 0.717) is 50.4 Å². The number of likely N-dealkylation sites (tertiary alicyclic amines) is 1. The molecule has 0 saturated carbocycles. The van der Waals surface area contributed by atoms with Crippen LogP contribution in [0.3, 0.4) is 0 Å². The number of rotatable bonds is 9. The Morgan fingerprint density at radius 3 is 2.58 bits per heavy atom. The summed E-state index contributed by atoms with van der Waals surface area (Å²) in [4.78, 5) is 72.7. The Morgan fingerprint density at radius 1 is 1.08 bits per heavy atom. The molecule has 65 heavy (non-hydrogen) atoms. The highest BCUT2D eigenvalue weighted by Crippen LogP contribution is 2.42. The van der Waals surface area contributed by atoms with E-state index in [2.05, 4.69) is 65.2 Å². The summed E-state index contributed by atoms with van der Waals surface area (Å²) < 4.78 is 14.3. The molecular weight excluding hydrogens is 843 g/mol. The van der Waals surface area contributed by atoms with Crippen molar-refractivity contribution in [3.63, 3.8) is 0 Å². The maximum atomic E-state index is 14.7. The molecule has 7 rings (SSSR count). The largest absolute Gasteiger partial charge is 0.464 e. The van der Waals surface area contributed by atoms with E-state index in [-0.39, 0.29) is 43.0 Å². The molecule has 0 spiro atoms. The summed E-state index contributed by atoms with van der Waals surface area (Å²) in [6.45, 7) is 14.6. The summed E-state index contributed by atoms with van der Waals surface area (Å²) >= 11 is 1.44. The SMILES string of the molecule is CCn1c(-c2cccnc2[C@H](C)OC)c2c3cc(ccc31)-c1csc(n1)C[C@H](NC(=O)C(C(C)C)N(C)C(=O)N1CCCC[C@@H](N(C)C)C1)C(=O)N1CCC[C@H](N1)C(=O)OCC(C)(C)C2. The number of methoxy groups -OCH3 is 1. The Balaban J connectivity index is 1.27. The lowest BCUT2D eigenvalue weighted by atomic mass is 9.84. The number of amides is 4. The van der Waals surface area contributed by atoms with Gasteiger partial charge in [-0.15, -0.1) is 11.3 Å². The second-order valence-corrected chi connectivity index (χ2v) is 20.4. The number of carbonyl (C=O) groups excluding carboxylic acids is 4. The number of benzene rings is 1. The smallest absolute Gasteiger partial charge is 0.324 e. The Labute approximate surface area is 388 Å². The summed E-state index contributed by atoms with van der Waals surface area (Å²) in [6, 6.07) is 7.85. The van der Waals surface area contributed by atoms with Gasteiger partial charge in [-0.25, -0.2) is 15.2 Å². The molecule has 0 radical (unpaired) electrons. The van der Waals surface area contributed by atoms with E-state index in [9.17, 15) is 19.2 Å². The molecule has 3 aliphatic heterocycles. The van der Waals surface area contributed by atoms with Crippen LogP contribution < -0.4 is 10.7 Å². The predicted octanol–water partition coefficient (Wildman–Crippen LogP) is 6.70. The fraction of sp³-hybridized carbons (Fsp3) is 0.592. The van der Waals surface area contributed by atoms with E-state index in [1.54, 1.807) is 20.4 Å². The summed E-state index contributed by atoms with van der Waals surface area (Å²) in [5.74, 6) is -1.50. The molecule has 1 aromatic carbocycles. The Kier molecular flexibility index (Phi) is 15.0. The minimum Gasteiger partial charge on any atom is -0.464 e. The Morgan fingerprint density at radius 2 is 1.86 bits per heavy atom. The number of ether oxygens (including phenoxy) is 2. The van der Waals surface area contributed by atoms with Crippen molar-refractivity contribution in [3.05, 3.63) is 58.2 Å². The van der Waals surface area contributed by atoms with Crippen LogP contribution in [0.1, 0.15) is 96.0 Å². The van der Waals surface area contributed by atoms with Crippen LogP contribution in [0.4, 0.5) is 4.79 Å². The average molecular weight is 912 g/mol. The first-order valence-corrected chi connectivity index (χ1v) is 24.2. The number of cyclic esters (lactones) is 1. The zero-order valence-electron chi connectivity index (χ0n) is 40.0. The van der Waals surface area contributed by atoms with E-state index in [4.69, 9.17) is 19.4 Å². The quantitative estimate of drug-likeness (QED) is 0.174. The minimum absolute atomic E-state index is 0.112. The van der Waals surface area contributed by atoms with Gasteiger partial charge in [-0.05, 0) is 95.8 Å². The molecule has 1 unspecified atom stereocenters. The van der Waals surface area contributed by atoms with Crippen molar-refractivity contribution in [2.24, 2.45) is 11.3 Å². The van der Waals surface area contributed by atoms with Crippen LogP contribution in [0.2, 0.25) is 0 Å². The molecular formula is C49H69N9O6S. The molecule has 6 heterocycles. The average Bonchev–Trinajstić information content (AvgIpc) is 3.78. The second-order valence-electron chi connectivity index (χ2n) is 19.4. The third-order valence-corrected chi connectivity index (χ3v) is 14.3.